The molecule has 1 aliphatic rings. The maximum Gasteiger partial charge on any atom is 0.254 e. The van der Waals surface area contributed by atoms with Crippen molar-refractivity contribution in [3.05, 3.63) is 110 Å². The largest absolute Gasteiger partial charge is 0.349 e. The summed E-state index contributed by atoms with van der Waals surface area (Å²) in [5.41, 5.74) is 5.24. The molecule has 0 bridgehead atoms. The first kappa shape index (κ1) is 26.9. The van der Waals surface area contributed by atoms with Crippen molar-refractivity contribution in [2.24, 2.45) is 0 Å². The van der Waals surface area contributed by atoms with Crippen LogP contribution in [-0.4, -0.2) is 40.6 Å². The van der Waals surface area contributed by atoms with Crippen LogP contribution in [0.5, 0.6) is 0 Å². The minimum absolute atomic E-state index is 0.222. The first-order valence-electron chi connectivity index (χ1n) is 13.3. The third-order valence-electron chi connectivity index (χ3n) is 7.27. The Morgan fingerprint density at radius 1 is 1.07 bits per heavy atom. The van der Waals surface area contributed by atoms with Gasteiger partial charge in [0.15, 0.2) is 5.15 Å². The number of hydrogen-bond donors (Lipinski definition) is 2. The number of nitrogens with one attached hydrogen (secondary N) is 2. The second-order valence-corrected chi connectivity index (χ2v) is 10.7. The Morgan fingerprint density at radius 3 is 2.68 bits per heavy atom. The van der Waals surface area contributed by atoms with Gasteiger partial charge in [-0.15, -0.1) is 5.10 Å². The summed E-state index contributed by atoms with van der Waals surface area (Å²) in [6, 6.07) is 15.3. The molecule has 10 nitrogen and oxygen atoms in total. The molecule has 0 fully saturated rings. The first-order valence-corrected chi connectivity index (χ1v) is 14.0. The van der Waals surface area contributed by atoms with E-state index in [1.165, 1.54) is 27.2 Å². The molecular formula is C29H26Cl2N8O2. The van der Waals surface area contributed by atoms with Gasteiger partial charge in [0.2, 0.25) is 5.91 Å². The van der Waals surface area contributed by atoms with Gasteiger partial charge in [0.1, 0.15) is 6.04 Å². The number of benzene rings is 2. The van der Waals surface area contributed by atoms with Crippen molar-refractivity contribution in [1.29, 1.82) is 0 Å². The van der Waals surface area contributed by atoms with E-state index in [0.29, 0.717) is 28.4 Å². The minimum Gasteiger partial charge on any atom is -0.349 e. The van der Waals surface area contributed by atoms with Crippen LogP contribution in [0.4, 0.5) is 0 Å². The normalized spacial score (nSPS) is 13.5. The average molecular weight is 589 g/mol. The summed E-state index contributed by atoms with van der Waals surface area (Å²) in [5.74, 6) is -0.293. The number of aryl methyl sites for hydroxylation is 1. The van der Waals surface area contributed by atoms with E-state index in [2.05, 4.69) is 30.8 Å². The van der Waals surface area contributed by atoms with E-state index in [9.17, 15) is 9.59 Å². The van der Waals surface area contributed by atoms with Gasteiger partial charge >= 0.3 is 0 Å². The van der Waals surface area contributed by atoms with E-state index >= 15 is 0 Å². The van der Waals surface area contributed by atoms with E-state index in [-0.39, 0.29) is 23.2 Å². The number of carbonyl (C=O) groups excluding carboxylic acids is 1. The monoisotopic (exact) mass is 588 g/mol. The molecule has 2 aromatic carbocycles. The van der Waals surface area contributed by atoms with Gasteiger partial charge in [-0.1, -0.05) is 58.7 Å². The van der Waals surface area contributed by atoms with Crippen molar-refractivity contribution in [1.82, 2.24) is 40.1 Å². The first-order chi connectivity index (χ1) is 20.0. The maximum absolute atomic E-state index is 13.6. The van der Waals surface area contributed by atoms with E-state index in [4.69, 9.17) is 23.2 Å². The predicted molar refractivity (Wildman–Crippen MR) is 155 cm³/mol. The highest BCUT2D eigenvalue weighted by Crippen LogP contribution is 2.28. The summed E-state index contributed by atoms with van der Waals surface area (Å²) < 4.78 is 2.85. The van der Waals surface area contributed by atoms with Gasteiger partial charge in [-0.2, -0.15) is 5.10 Å². The zero-order chi connectivity index (χ0) is 28.3. The van der Waals surface area contributed by atoms with Gasteiger partial charge in [0.05, 0.1) is 36.1 Å². The maximum atomic E-state index is 13.6. The van der Waals surface area contributed by atoms with E-state index < -0.39 is 6.04 Å². The summed E-state index contributed by atoms with van der Waals surface area (Å²) in [5, 5.41) is 19.1. The summed E-state index contributed by atoms with van der Waals surface area (Å²) in [7, 11) is 0. The molecule has 1 amide bonds. The molecule has 1 atom stereocenters. The molecule has 5 aromatic rings. The predicted octanol–water partition coefficient (Wildman–Crippen LogP) is 4.50. The van der Waals surface area contributed by atoms with Crippen LogP contribution in [0.1, 0.15) is 41.4 Å². The van der Waals surface area contributed by atoms with Gasteiger partial charge in [0.25, 0.3) is 5.56 Å². The molecule has 0 saturated heterocycles. The molecule has 0 saturated carbocycles. The molecule has 1 aliphatic carbocycles. The van der Waals surface area contributed by atoms with Crippen LogP contribution in [0.2, 0.25) is 10.2 Å². The van der Waals surface area contributed by atoms with Crippen LogP contribution in [-0.2, 0) is 30.6 Å². The van der Waals surface area contributed by atoms with Crippen LogP contribution in [0.15, 0.2) is 71.9 Å². The van der Waals surface area contributed by atoms with Crippen LogP contribution in [0.25, 0.3) is 16.9 Å². The molecule has 208 valence electrons. The summed E-state index contributed by atoms with van der Waals surface area (Å²) >= 11 is 12.3. The number of hydrogen-bond acceptors (Lipinski definition) is 6. The Hall–Kier alpha value is -4.28. The third kappa shape index (κ3) is 5.79. The Balaban J connectivity index is 1.32. The number of aromatic amines is 1. The number of amides is 1. The number of halogens is 2. The molecule has 0 radical (unpaired) electrons. The van der Waals surface area contributed by atoms with Crippen molar-refractivity contribution < 1.29 is 4.79 Å². The molecule has 2 N–H and O–H groups in total. The van der Waals surface area contributed by atoms with Gasteiger partial charge in [-0.3, -0.25) is 19.3 Å². The van der Waals surface area contributed by atoms with E-state index in [1.54, 1.807) is 24.4 Å². The Bertz CT molecular complexity index is 1760. The minimum atomic E-state index is -0.825. The highest BCUT2D eigenvalue weighted by molar-refractivity contribution is 6.31. The highest BCUT2D eigenvalue weighted by Gasteiger charge is 2.25. The second kappa shape index (κ2) is 11.7. The molecular weight excluding hydrogens is 563 g/mol. The number of nitrogens with zero attached hydrogens (tertiary/aromatic N) is 6. The van der Waals surface area contributed by atoms with Crippen LogP contribution >= 0.6 is 23.2 Å². The van der Waals surface area contributed by atoms with E-state index in [0.717, 1.165) is 42.6 Å². The lowest BCUT2D eigenvalue weighted by atomic mass is 9.96. The zero-order valence-electron chi connectivity index (χ0n) is 21.9. The molecule has 1 unspecified atom stereocenters. The SMILES string of the molecule is O=C(NCc1n[nH]c2c1CCCC2)C(Cc1ccccc1)n1cnc(-c2cc(Cl)ccc2-n2cc(Cl)nn2)cc1=O. The number of fused-ring (bicyclic) bond motifs is 1. The fourth-order valence-corrected chi connectivity index (χ4v) is 5.50. The zero-order valence-corrected chi connectivity index (χ0v) is 23.4. The smallest absolute Gasteiger partial charge is 0.254 e. The molecule has 3 aromatic heterocycles. The van der Waals surface area contributed by atoms with Gasteiger partial charge in [-0.25, -0.2) is 9.67 Å². The van der Waals surface area contributed by atoms with Crippen molar-refractivity contribution in [2.75, 3.05) is 0 Å². The summed E-state index contributed by atoms with van der Waals surface area (Å²) in [4.78, 5) is 31.7. The number of H-pyrrole nitrogens is 1. The topological polar surface area (TPSA) is 123 Å². The Morgan fingerprint density at radius 2 is 1.90 bits per heavy atom. The molecule has 0 spiro atoms. The average Bonchev–Trinajstić information content (AvgIpc) is 3.61. The Labute approximate surface area is 245 Å². The van der Waals surface area contributed by atoms with Crippen LogP contribution < -0.4 is 10.9 Å². The summed E-state index contributed by atoms with van der Waals surface area (Å²) in [6.07, 6.45) is 7.42. The lowest BCUT2D eigenvalue weighted by Crippen LogP contribution is -2.38. The van der Waals surface area contributed by atoms with Crippen molar-refractivity contribution in [3.63, 3.8) is 0 Å². The van der Waals surface area contributed by atoms with Crippen LogP contribution in [0, 0.1) is 0 Å². The highest BCUT2D eigenvalue weighted by atomic mass is 35.5. The standard InChI is InChI=1S/C29H26Cl2N8O2/c30-19-10-11-25(39-16-27(31)36-37-39)21(13-19)23-14-28(40)38(17-33-23)26(12-18-6-2-1-3-7-18)29(41)32-15-24-20-8-4-5-9-22(20)34-35-24/h1-3,6-7,10-11,13-14,16-17,26H,4-5,8-9,12,15H2,(H,32,41)(H,34,35). The Kier molecular flexibility index (Phi) is 7.67. The lowest BCUT2D eigenvalue weighted by molar-refractivity contribution is -0.124. The second-order valence-electron chi connectivity index (χ2n) is 9.92. The van der Waals surface area contributed by atoms with Crippen molar-refractivity contribution in [2.45, 2.75) is 44.7 Å². The molecule has 41 heavy (non-hydrogen) atoms. The molecule has 0 aliphatic heterocycles. The van der Waals surface area contributed by atoms with E-state index in [1.807, 2.05) is 30.3 Å². The quantitative estimate of drug-likeness (QED) is 0.275. The van der Waals surface area contributed by atoms with Gasteiger partial charge in [-0.05, 0) is 55.0 Å². The molecule has 3 heterocycles. The number of aromatic nitrogens is 7. The fraction of sp³-hybridized carbons (Fsp3) is 0.241. The number of carbonyl (C=O) groups is 1. The molecule has 6 rings (SSSR count). The third-order valence-corrected chi connectivity index (χ3v) is 7.67. The van der Waals surface area contributed by atoms with Gasteiger partial charge < -0.3 is 5.32 Å². The lowest BCUT2D eigenvalue weighted by Gasteiger charge is -2.20. The summed E-state index contributed by atoms with van der Waals surface area (Å²) in [6.45, 7) is 0.280. The fourth-order valence-electron chi connectivity index (χ4n) is 5.21. The number of rotatable bonds is 8. The van der Waals surface area contributed by atoms with Crippen molar-refractivity contribution >= 4 is 29.1 Å². The molecule has 12 heteroatoms. The van der Waals surface area contributed by atoms with Crippen molar-refractivity contribution in [3.8, 4) is 16.9 Å². The van der Waals surface area contributed by atoms with Gasteiger partial charge in [0, 0.05) is 28.8 Å². The van der Waals surface area contributed by atoms with Crippen LogP contribution in [0.3, 0.4) is 0 Å².